The number of alkyl halides is 5. The van der Waals surface area contributed by atoms with Gasteiger partial charge in [0.25, 0.3) is 6.43 Å². The third-order valence-corrected chi connectivity index (χ3v) is 6.80. The number of carbonyl (C=O) groups is 5. The van der Waals surface area contributed by atoms with Gasteiger partial charge in [0, 0.05) is 19.0 Å². The maximum Gasteiger partial charge on any atom is 0.522 e. The number of hydrogen-bond donors (Lipinski definition) is 3. The fourth-order valence-corrected chi connectivity index (χ4v) is 5.16. The van der Waals surface area contributed by atoms with Gasteiger partial charge in [-0.2, -0.15) is 0 Å². The van der Waals surface area contributed by atoms with Crippen LogP contribution >= 0.6 is 0 Å². The summed E-state index contributed by atoms with van der Waals surface area (Å²) >= 11 is 0. The first kappa shape index (κ1) is 27.7. The van der Waals surface area contributed by atoms with Crippen molar-refractivity contribution in [3.63, 3.8) is 0 Å². The zero-order valence-corrected chi connectivity index (χ0v) is 19.1. The van der Waals surface area contributed by atoms with Crippen LogP contribution in [0.3, 0.4) is 0 Å². The SMILES string of the molecule is O=C(NCC(F)F)C(=O)N1C[C@@H]2CCC[C@@H]2[C@H]1C(=O)N[C@@H](C[C@@H]1CCNC1=O)C(=O)COC(F)(F)F. The molecule has 2 heterocycles. The standard InChI is InChI=1S/C21H27F5N4O6/c22-15(23)7-28-19(34)20(35)30-8-11-2-1-3-12(11)16(30)18(33)29-13(6-10-4-5-27-17(10)32)14(31)9-36-21(24,25)26/h10-13,15-16H,1-9H2,(H,27,32)(H,28,34)(H,29,33)/t10-,11-,12-,13-,16-/m0/s1. The van der Waals surface area contributed by atoms with Gasteiger partial charge in [-0.05, 0) is 37.5 Å². The Bertz CT molecular complexity index is 885. The molecule has 2 saturated heterocycles. The molecule has 0 aromatic rings. The van der Waals surface area contributed by atoms with E-state index in [-0.39, 0.29) is 24.8 Å². The number of hydrogen-bond acceptors (Lipinski definition) is 6. The minimum atomic E-state index is -5.09. The van der Waals surface area contributed by atoms with Gasteiger partial charge in [-0.15, -0.1) is 13.2 Å². The molecule has 3 rings (SSSR count). The Balaban J connectivity index is 1.76. The summed E-state index contributed by atoms with van der Waals surface area (Å²) in [5, 5.41) is 6.70. The van der Waals surface area contributed by atoms with Crippen molar-refractivity contribution in [2.24, 2.45) is 17.8 Å². The third-order valence-electron chi connectivity index (χ3n) is 6.80. The predicted octanol–water partition coefficient (Wildman–Crippen LogP) is 0.111. The number of carbonyl (C=O) groups excluding carboxylic acids is 5. The van der Waals surface area contributed by atoms with Gasteiger partial charge < -0.3 is 20.9 Å². The second-order valence-corrected chi connectivity index (χ2v) is 9.13. The maximum atomic E-state index is 13.3. The van der Waals surface area contributed by atoms with Gasteiger partial charge in [0.05, 0.1) is 12.6 Å². The van der Waals surface area contributed by atoms with Crippen molar-refractivity contribution in [2.75, 3.05) is 26.2 Å². The summed E-state index contributed by atoms with van der Waals surface area (Å²) in [6.07, 6.45) is -6.04. The average molecular weight is 526 g/mol. The van der Waals surface area contributed by atoms with E-state index in [1.165, 1.54) is 0 Å². The van der Waals surface area contributed by atoms with Crippen LogP contribution in [0.4, 0.5) is 22.0 Å². The Morgan fingerprint density at radius 2 is 1.86 bits per heavy atom. The highest BCUT2D eigenvalue weighted by molar-refractivity contribution is 6.35. The number of nitrogens with zero attached hydrogens (tertiary/aromatic N) is 1. The monoisotopic (exact) mass is 526 g/mol. The molecular formula is C21H27F5N4O6. The summed E-state index contributed by atoms with van der Waals surface area (Å²) in [5.41, 5.74) is 0. The number of nitrogens with one attached hydrogen (secondary N) is 3. The van der Waals surface area contributed by atoms with Gasteiger partial charge in [0.1, 0.15) is 12.6 Å². The lowest BCUT2D eigenvalue weighted by molar-refractivity contribution is -0.321. The number of halogens is 5. The zero-order valence-electron chi connectivity index (χ0n) is 19.1. The smallest absolute Gasteiger partial charge is 0.356 e. The largest absolute Gasteiger partial charge is 0.522 e. The van der Waals surface area contributed by atoms with Crippen molar-refractivity contribution < 1.29 is 50.7 Å². The van der Waals surface area contributed by atoms with Gasteiger partial charge in [0.2, 0.25) is 11.8 Å². The molecule has 5 atom stereocenters. The highest BCUT2D eigenvalue weighted by atomic mass is 19.4. The Hall–Kier alpha value is -2.84. The molecular weight excluding hydrogens is 499 g/mol. The molecule has 15 heteroatoms. The summed E-state index contributed by atoms with van der Waals surface area (Å²) < 4.78 is 65.9. The fourth-order valence-electron chi connectivity index (χ4n) is 5.16. The lowest BCUT2D eigenvalue weighted by Gasteiger charge is -2.29. The van der Waals surface area contributed by atoms with Gasteiger partial charge >= 0.3 is 18.2 Å². The van der Waals surface area contributed by atoms with Crippen molar-refractivity contribution in [2.45, 2.75) is 57.0 Å². The Labute approximate surface area is 202 Å². The van der Waals surface area contributed by atoms with E-state index in [0.717, 1.165) is 11.3 Å². The quantitative estimate of drug-likeness (QED) is 0.289. The first-order valence-electron chi connectivity index (χ1n) is 11.6. The summed E-state index contributed by atoms with van der Waals surface area (Å²) in [6.45, 7) is -2.12. The van der Waals surface area contributed by atoms with Crippen LogP contribution in [0.25, 0.3) is 0 Å². The van der Waals surface area contributed by atoms with E-state index in [1.54, 1.807) is 5.32 Å². The summed E-state index contributed by atoms with van der Waals surface area (Å²) in [7, 11) is 0. The number of fused-ring (bicyclic) bond motifs is 1. The number of Topliss-reactive ketones (excluding diaryl/α,β-unsaturated/α-hetero) is 1. The van der Waals surface area contributed by atoms with E-state index in [1.807, 2.05) is 0 Å². The second kappa shape index (κ2) is 11.5. The molecule has 0 aromatic heterocycles. The maximum absolute atomic E-state index is 13.3. The first-order chi connectivity index (χ1) is 16.9. The summed E-state index contributed by atoms with van der Waals surface area (Å²) in [5.74, 6) is -6.17. The van der Waals surface area contributed by atoms with E-state index in [4.69, 9.17) is 0 Å². The predicted molar refractivity (Wildman–Crippen MR) is 110 cm³/mol. The van der Waals surface area contributed by atoms with Crippen LogP contribution < -0.4 is 16.0 Å². The molecule has 36 heavy (non-hydrogen) atoms. The number of rotatable bonds is 9. The van der Waals surface area contributed by atoms with E-state index >= 15 is 0 Å². The van der Waals surface area contributed by atoms with E-state index in [9.17, 15) is 45.9 Å². The molecule has 1 saturated carbocycles. The summed E-state index contributed by atoms with van der Waals surface area (Å²) in [6, 6.07) is -2.74. The lowest BCUT2D eigenvalue weighted by Crippen LogP contribution is -2.56. The van der Waals surface area contributed by atoms with E-state index in [2.05, 4.69) is 15.4 Å². The minimum absolute atomic E-state index is 0.0184. The average Bonchev–Trinajstić information content (AvgIpc) is 3.50. The minimum Gasteiger partial charge on any atom is -0.356 e. The van der Waals surface area contributed by atoms with Crippen molar-refractivity contribution in [3.05, 3.63) is 0 Å². The van der Waals surface area contributed by atoms with Gasteiger partial charge in [-0.1, -0.05) is 6.42 Å². The van der Waals surface area contributed by atoms with Crippen molar-refractivity contribution in [3.8, 4) is 0 Å². The molecule has 202 valence electrons. The fraction of sp³-hybridized carbons (Fsp3) is 0.762. The number of amides is 4. The summed E-state index contributed by atoms with van der Waals surface area (Å²) in [4.78, 5) is 63.6. The lowest BCUT2D eigenvalue weighted by atomic mass is 9.92. The number of ketones is 1. The van der Waals surface area contributed by atoms with Crippen LogP contribution in [0.5, 0.6) is 0 Å². The van der Waals surface area contributed by atoms with Gasteiger partial charge in [-0.25, -0.2) is 8.78 Å². The molecule has 0 unspecified atom stereocenters. The van der Waals surface area contributed by atoms with Crippen LogP contribution in [0.1, 0.15) is 32.1 Å². The molecule has 1 aliphatic carbocycles. The van der Waals surface area contributed by atoms with Crippen LogP contribution in [0.15, 0.2) is 0 Å². The molecule has 0 spiro atoms. The third kappa shape index (κ3) is 6.89. The Kier molecular flexibility index (Phi) is 8.84. The van der Waals surface area contributed by atoms with Crippen molar-refractivity contribution >= 4 is 29.4 Å². The molecule has 0 radical (unpaired) electrons. The van der Waals surface area contributed by atoms with Crippen LogP contribution in [0, 0.1) is 17.8 Å². The van der Waals surface area contributed by atoms with Gasteiger partial charge in [-0.3, -0.25) is 28.7 Å². The first-order valence-corrected chi connectivity index (χ1v) is 11.6. The molecule has 3 N–H and O–H groups in total. The van der Waals surface area contributed by atoms with Crippen LogP contribution in [0.2, 0.25) is 0 Å². The molecule has 10 nitrogen and oxygen atoms in total. The van der Waals surface area contributed by atoms with Crippen LogP contribution in [-0.2, 0) is 28.7 Å². The van der Waals surface area contributed by atoms with Crippen molar-refractivity contribution in [1.29, 1.82) is 0 Å². The molecule has 4 amide bonds. The second-order valence-electron chi connectivity index (χ2n) is 9.13. The Morgan fingerprint density at radius 3 is 2.47 bits per heavy atom. The normalized spacial score (nSPS) is 26.5. The highest BCUT2D eigenvalue weighted by Gasteiger charge is 2.51. The topological polar surface area (TPSA) is 134 Å². The molecule has 0 bridgehead atoms. The van der Waals surface area contributed by atoms with Crippen LogP contribution in [-0.4, -0.2) is 85.4 Å². The molecule has 3 aliphatic rings. The van der Waals surface area contributed by atoms with Crippen molar-refractivity contribution in [1.82, 2.24) is 20.9 Å². The van der Waals surface area contributed by atoms with E-state index < -0.39 is 73.4 Å². The number of ether oxygens (including phenoxy) is 1. The number of likely N-dealkylation sites (tertiary alicyclic amines) is 1. The zero-order chi connectivity index (χ0) is 26.6. The molecule has 2 aliphatic heterocycles. The van der Waals surface area contributed by atoms with Gasteiger partial charge in [0.15, 0.2) is 5.78 Å². The Morgan fingerprint density at radius 1 is 1.14 bits per heavy atom. The molecule has 3 fully saturated rings. The van der Waals surface area contributed by atoms with E-state index in [0.29, 0.717) is 25.8 Å². The highest BCUT2D eigenvalue weighted by Crippen LogP contribution is 2.42. The molecule has 0 aromatic carbocycles.